The number of carbonyl (C=O) groups is 2. The Morgan fingerprint density at radius 2 is 1.83 bits per heavy atom. The van der Waals surface area contributed by atoms with Gasteiger partial charge in [-0.05, 0) is 53.8 Å². The number of anilines is 1. The van der Waals surface area contributed by atoms with Gasteiger partial charge in [0.1, 0.15) is 12.3 Å². The van der Waals surface area contributed by atoms with Crippen molar-refractivity contribution in [3.05, 3.63) is 58.4 Å². The van der Waals surface area contributed by atoms with Crippen molar-refractivity contribution >= 4 is 29.0 Å². The Hall–Kier alpha value is -3.67. The van der Waals surface area contributed by atoms with Crippen LogP contribution >= 0.6 is 11.3 Å². The largest absolute Gasteiger partial charge is 0.494 e. The van der Waals surface area contributed by atoms with E-state index >= 15 is 0 Å². The first kappa shape index (κ1) is 25.4. The zero-order valence-corrected chi connectivity index (χ0v) is 20.2. The first-order valence-corrected chi connectivity index (χ1v) is 12.2. The molecule has 1 saturated heterocycles. The molecule has 0 unspecified atom stereocenters. The van der Waals surface area contributed by atoms with Gasteiger partial charge in [0.15, 0.2) is 11.5 Å². The topological polar surface area (TPSA) is 87.7 Å². The van der Waals surface area contributed by atoms with E-state index in [1.165, 1.54) is 23.5 Å². The van der Waals surface area contributed by atoms with Crippen LogP contribution < -0.4 is 15.0 Å². The lowest BCUT2D eigenvalue weighted by Crippen LogP contribution is -2.49. The van der Waals surface area contributed by atoms with Gasteiger partial charge in [-0.25, -0.2) is 0 Å². The number of hydrogen-bond donors (Lipinski definition) is 1. The van der Waals surface area contributed by atoms with Gasteiger partial charge in [-0.15, -0.1) is 21.5 Å². The highest BCUT2D eigenvalue weighted by atomic mass is 32.1. The maximum absolute atomic E-state index is 13.0. The molecule has 0 bridgehead atoms. The molecule has 8 nitrogen and oxygen atoms in total. The van der Waals surface area contributed by atoms with Crippen molar-refractivity contribution in [1.82, 2.24) is 20.4 Å². The number of nitrogens with zero attached hydrogens (tertiary/aromatic N) is 4. The monoisotopic (exact) mass is 519 g/mol. The zero-order valence-electron chi connectivity index (χ0n) is 19.4. The quantitative estimate of drug-likeness (QED) is 0.510. The Kier molecular flexibility index (Phi) is 7.73. The van der Waals surface area contributed by atoms with Gasteiger partial charge in [0.05, 0.1) is 11.5 Å². The second-order valence-electron chi connectivity index (χ2n) is 8.01. The molecule has 2 aromatic heterocycles. The standard InChI is InChI=1S/C24H24F3N5O3S/c1-2-35-18-5-3-4-16(12-18)17-13-20(36-14-17)23(34)32-10-8-31(9-11-32)21-7-6-19(29-30-21)22(33)28-15-24(25,26)27/h3-7,12-14H,2,8-11,15H2,1H3,(H,28,33). The molecule has 0 spiro atoms. The van der Waals surface area contributed by atoms with Crippen molar-refractivity contribution in [1.29, 1.82) is 0 Å². The third-order valence-electron chi connectivity index (χ3n) is 5.51. The molecule has 1 N–H and O–H groups in total. The highest BCUT2D eigenvalue weighted by Gasteiger charge is 2.28. The van der Waals surface area contributed by atoms with Crippen LogP contribution in [0.3, 0.4) is 0 Å². The van der Waals surface area contributed by atoms with Crippen LogP contribution in [-0.4, -0.2) is 72.4 Å². The number of halogens is 3. The van der Waals surface area contributed by atoms with E-state index in [-0.39, 0.29) is 11.6 Å². The number of piperazine rings is 1. The van der Waals surface area contributed by atoms with Crippen LogP contribution in [0.15, 0.2) is 47.8 Å². The van der Waals surface area contributed by atoms with E-state index in [2.05, 4.69) is 10.2 Å². The summed E-state index contributed by atoms with van der Waals surface area (Å²) in [6.07, 6.45) is -4.50. The maximum Gasteiger partial charge on any atom is 0.405 e. The summed E-state index contributed by atoms with van der Waals surface area (Å²) in [7, 11) is 0. The molecule has 3 aromatic rings. The smallest absolute Gasteiger partial charge is 0.405 e. The summed E-state index contributed by atoms with van der Waals surface area (Å²) in [5.74, 6) is 0.279. The summed E-state index contributed by atoms with van der Waals surface area (Å²) >= 11 is 1.40. The molecule has 190 valence electrons. The van der Waals surface area contributed by atoms with E-state index in [9.17, 15) is 22.8 Å². The van der Waals surface area contributed by atoms with Crippen LogP contribution in [0.1, 0.15) is 27.1 Å². The Labute approximate surface area is 209 Å². The summed E-state index contributed by atoms with van der Waals surface area (Å²) in [6.45, 7) is 3.04. The van der Waals surface area contributed by atoms with Crippen LogP contribution in [0.2, 0.25) is 0 Å². The second-order valence-corrected chi connectivity index (χ2v) is 8.93. The van der Waals surface area contributed by atoms with Gasteiger partial charge in [0.25, 0.3) is 11.8 Å². The summed E-state index contributed by atoms with van der Waals surface area (Å²) < 4.78 is 42.4. The van der Waals surface area contributed by atoms with Crippen molar-refractivity contribution in [3.8, 4) is 16.9 Å². The van der Waals surface area contributed by atoms with Crippen LogP contribution in [0, 0.1) is 0 Å². The van der Waals surface area contributed by atoms with Crippen LogP contribution in [-0.2, 0) is 0 Å². The summed E-state index contributed by atoms with van der Waals surface area (Å²) in [4.78, 5) is 29.2. The molecule has 2 amide bonds. The molecule has 36 heavy (non-hydrogen) atoms. The fourth-order valence-corrected chi connectivity index (χ4v) is 4.60. The minimum atomic E-state index is -4.50. The molecular weight excluding hydrogens is 495 g/mol. The van der Waals surface area contributed by atoms with E-state index in [0.29, 0.717) is 43.5 Å². The van der Waals surface area contributed by atoms with Crippen LogP contribution in [0.4, 0.5) is 19.0 Å². The van der Waals surface area contributed by atoms with Gasteiger partial charge in [0, 0.05) is 26.2 Å². The number of ether oxygens (including phenoxy) is 1. The normalized spacial score (nSPS) is 14.0. The number of nitrogens with one attached hydrogen (secondary N) is 1. The molecule has 0 atom stereocenters. The molecule has 0 radical (unpaired) electrons. The molecule has 12 heteroatoms. The molecule has 1 aliphatic heterocycles. The predicted octanol–water partition coefficient (Wildman–Crippen LogP) is 3.86. The van der Waals surface area contributed by atoms with Crippen LogP contribution in [0.5, 0.6) is 5.75 Å². The number of alkyl halides is 3. The lowest BCUT2D eigenvalue weighted by atomic mass is 10.1. The molecule has 4 rings (SSSR count). The molecule has 1 aliphatic rings. The van der Waals surface area contributed by atoms with Crippen molar-refractivity contribution in [2.75, 3.05) is 44.2 Å². The van der Waals surface area contributed by atoms with E-state index in [1.807, 2.05) is 47.5 Å². The number of aromatic nitrogens is 2. The molecule has 3 heterocycles. The Bertz CT molecular complexity index is 1210. The van der Waals surface area contributed by atoms with Crippen molar-refractivity contribution in [3.63, 3.8) is 0 Å². The zero-order chi connectivity index (χ0) is 25.7. The minimum Gasteiger partial charge on any atom is -0.494 e. The Balaban J connectivity index is 1.32. The van der Waals surface area contributed by atoms with E-state index in [1.54, 1.807) is 10.2 Å². The first-order chi connectivity index (χ1) is 17.2. The SMILES string of the molecule is CCOc1cccc(-c2csc(C(=O)N3CCN(c4ccc(C(=O)NCC(F)(F)F)nn4)CC3)c2)c1. The van der Waals surface area contributed by atoms with Crippen LogP contribution in [0.25, 0.3) is 11.1 Å². The Morgan fingerprint density at radius 3 is 2.50 bits per heavy atom. The number of amides is 2. The van der Waals surface area contributed by atoms with Crippen molar-refractivity contribution < 1.29 is 27.5 Å². The minimum absolute atomic E-state index is 0.0466. The number of thiophene rings is 1. The van der Waals surface area contributed by atoms with Gasteiger partial charge >= 0.3 is 6.18 Å². The molecule has 1 aromatic carbocycles. The predicted molar refractivity (Wildman–Crippen MR) is 129 cm³/mol. The highest BCUT2D eigenvalue weighted by molar-refractivity contribution is 7.12. The van der Waals surface area contributed by atoms with Gasteiger partial charge in [0.2, 0.25) is 0 Å². The average molecular weight is 520 g/mol. The number of benzene rings is 1. The van der Waals surface area contributed by atoms with Gasteiger partial charge in [-0.3, -0.25) is 9.59 Å². The third-order valence-corrected chi connectivity index (χ3v) is 6.43. The van der Waals surface area contributed by atoms with Gasteiger partial charge in [-0.1, -0.05) is 12.1 Å². The molecule has 0 aliphatic carbocycles. The maximum atomic E-state index is 13.0. The third kappa shape index (κ3) is 6.30. The number of carbonyl (C=O) groups excluding carboxylic acids is 2. The number of rotatable bonds is 7. The molecule has 0 saturated carbocycles. The second kappa shape index (κ2) is 10.9. The molecular formula is C24H24F3N5O3S. The Morgan fingerprint density at radius 1 is 1.06 bits per heavy atom. The fourth-order valence-electron chi connectivity index (χ4n) is 3.71. The average Bonchev–Trinajstić information content (AvgIpc) is 3.37. The van der Waals surface area contributed by atoms with Crippen molar-refractivity contribution in [2.45, 2.75) is 13.1 Å². The summed E-state index contributed by atoms with van der Waals surface area (Å²) in [5, 5.41) is 11.4. The first-order valence-electron chi connectivity index (χ1n) is 11.3. The summed E-state index contributed by atoms with van der Waals surface area (Å²) in [6, 6.07) is 12.5. The lowest BCUT2D eigenvalue weighted by molar-refractivity contribution is -0.123. The lowest BCUT2D eigenvalue weighted by Gasteiger charge is -2.35. The van der Waals surface area contributed by atoms with Gasteiger partial charge < -0.3 is 19.9 Å². The highest BCUT2D eigenvalue weighted by Crippen LogP contribution is 2.29. The number of hydrogen-bond acceptors (Lipinski definition) is 7. The summed E-state index contributed by atoms with van der Waals surface area (Å²) in [5.41, 5.74) is 1.74. The molecule has 1 fully saturated rings. The van der Waals surface area contributed by atoms with E-state index < -0.39 is 18.6 Å². The fraction of sp³-hybridized carbons (Fsp3) is 0.333. The van der Waals surface area contributed by atoms with E-state index in [0.717, 1.165) is 16.9 Å². The van der Waals surface area contributed by atoms with Crippen molar-refractivity contribution in [2.24, 2.45) is 0 Å². The van der Waals surface area contributed by atoms with Gasteiger partial charge in [-0.2, -0.15) is 13.2 Å². The van der Waals surface area contributed by atoms with E-state index in [4.69, 9.17) is 4.74 Å².